The van der Waals surface area contributed by atoms with E-state index in [0.29, 0.717) is 13.0 Å². The van der Waals surface area contributed by atoms with Crippen molar-refractivity contribution in [3.63, 3.8) is 0 Å². The van der Waals surface area contributed by atoms with Crippen molar-refractivity contribution in [2.75, 3.05) is 18.1 Å². The first-order chi connectivity index (χ1) is 8.04. The molecule has 92 valence electrons. The lowest BCUT2D eigenvalue weighted by molar-refractivity contribution is 0.0502. The first-order valence-corrected chi connectivity index (χ1v) is 6.20. The number of benzene rings is 1. The molecule has 1 N–H and O–H groups in total. The maximum absolute atomic E-state index is 11.8. The van der Waals surface area contributed by atoms with E-state index in [0.717, 1.165) is 10.2 Å². The number of cyclic esters (lactones) is 1. The van der Waals surface area contributed by atoms with Gasteiger partial charge in [0.15, 0.2) is 0 Å². The molecule has 4 nitrogen and oxygen atoms in total. The van der Waals surface area contributed by atoms with Gasteiger partial charge >= 0.3 is 6.09 Å². The fourth-order valence-corrected chi connectivity index (χ4v) is 2.29. The van der Waals surface area contributed by atoms with E-state index in [-0.39, 0.29) is 12.7 Å². The van der Waals surface area contributed by atoms with Gasteiger partial charge in [0.1, 0.15) is 5.60 Å². The van der Waals surface area contributed by atoms with Crippen molar-refractivity contribution in [1.82, 2.24) is 0 Å². The summed E-state index contributed by atoms with van der Waals surface area (Å²) in [5, 5.41) is 8.96. The van der Waals surface area contributed by atoms with Gasteiger partial charge in [0.25, 0.3) is 0 Å². The van der Waals surface area contributed by atoms with Crippen LogP contribution in [0.5, 0.6) is 0 Å². The Labute approximate surface area is 108 Å². The predicted octanol–water partition coefficient (Wildman–Crippen LogP) is 2.55. The zero-order valence-corrected chi connectivity index (χ0v) is 11.1. The number of ether oxygens (including phenoxy) is 1. The molecule has 5 heteroatoms. The van der Waals surface area contributed by atoms with Crippen molar-refractivity contribution in [2.24, 2.45) is 0 Å². The first kappa shape index (κ1) is 12.4. The number of anilines is 1. The molecule has 1 heterocycles. The number of aliphatic hydroxyl groups excluding tert-OH is 1. The lowest BCUT2D eigenvalue weighted by Gasteiger charge is -2.20. The molecule has 1 atom stereocenters. The minimum Gasteiger partial charge on any atom is -0.441 e. The molecule has 0 spiro atoms. The van der Waals surface area contributed by atoms with Crippen molar-refractivity contribution < 1.29 is 14.6 Å². The lowest BCUT2D eigenvalue weighted by Crippen LogP contribution is -2.32. The quantitative estimate of drug-likeness (QED) is 0.933. The fraction of sp³-hybridized carbons (Fsp3) is 0.417. The summed E-state index contributed by atoms with van der Waals surface area (Å²) in [6.45, 7) is 2.30. The molecule has 1 unspecified atom stereocenters. The van der Waals surface area contributed by atoms with Crippen LogP contribution in [0.25, 0.3) is 0 Å². The van der Waals surface area contributed by atoms with Gasteiger partial charge in [-0.15, -0.1) is 0 Å². The van der Waals surface area contributed by atoms with Crippen molar-refractivity contribution in [3.8, 4) is 0 Å². The lowest BCUT2D eigenvalue weighted by atomic mass is 10.0. The smallest absolute Gasteiger partial charge is 0.415 e. The molecular weight excluding hydrogens is 286 g/mol. The van der Waals surface area contributed by atoms with E-state index in [1.165, 1.54) is 0 Å². The van der Waals surface area contributed by atoms with Gasteiger partial charge in [0, 0.05) is 23.2 Å². The average molecular weight is 300 g/mol. The Morgan fingerprint density at radius 3 is 3.00 bits per heavy atom. The number of amides is 1. The second-order valence-corrected chi connectivity index (χ2v) is 5.27. The van der Waals surface area contributed by atoms with Crippen LogP contribution in [0.2, 0.25) is 0 Å². The van der Waals surface area contributed by atoms with Crippen LogP contribution in [0.3, 0.4) is 0 Å². The van der Waals surface area contributed by atoms with Gasteiger partial charge in [0.05, 0.1) is 6.54 Å². The Balaban J connectivity index is 2.21. The number of carbonyl (C=O) groups excluding carboxylic acids is 1. The fourth-order valence-electron chi connectivity index (χ4n) is 1.90. The van der Waals surface area contributed by atoms with Crippen molar-refractivity contribution in [1.29, 1.82) is 0 Å². The van der Waals surface area contributed by atoms with Gasteiger partial charge in [0.2, 0.25) is 0 Å². The Bertz CT molecular complexity index is 438. The molecule has 2 rings (SSSR count). The SMILES string of the molecule is CC1(CCO)CN(c2cccc(Br)c2)C(=O)O1. The molecule has 1 saturated heterocycles. The van der Waals surface area contributed by atoms with E-state index in [2.05, 4.69) is 15.9 Å². The Morgan fingerprint density at radius 1 is 1.59 bits per heavy atom. The summed E-state index contributed by atoms with van der Waals surface area (Å²) < 4.78 is 6.22. The minimum atomic E-state index is -0.603. The van der Waals surface area contributed by atoms with Crippen LogP contribution in [0.15, 0.2) is 28.7 Å². The predicted molar refractivity (Wildman–Crippen MR) is 68.1 cm³/mol. The van der Waals surface area contributed by atoms with Gasteiger partial charge in [-0.05, 0) is 25.1 Å². The topological polar surface area (TPSA) is 49.8 Å². The normalized spacial score (nSPS) is 23.9. The summed E-state index contributed by atoms with van der Waals surface area (Å²) in [6.07, 6.45) is 0.0857. The minimum absolute atomic E-state index is 0.0100. The van der Waals surface area contributed by atoms with Crippen molar-refractivity contribution >= 4 is 27.7 Å². The average Bonchev–Trinajstić information content (AvgIpc) is 2.55. The van der Waals surface area contributed by atoms with Gasteiger partial charge in [-0.2, -0.15) is 0 Å². The van der Waals surface area contributed by atoms with Crippen LogP contribution in [0.4, 0.5) is 10.5 Å². The van der Waals surface area contributed by atoms with Gasteiger partial charge in [-0.25, -0.2) is 4.79 Å². The van der Waals surface area contributed by atoms with Crippen molar-refractivity contribution in [3.05, 3.63) is 28.7 Å². The molecule has 0 aliphatic carbocycles. The maximum Gasteiger partial charge on any atom is 0.415 e. The van der Waals surface area contributed by atoms with E-state index in [1.807, 2.05) is 31.2 Å². The summed E-state index contributed by atoms with van der Waals surface area (Å²) in [7, 11) is 0. The van der Waals surface area contributed by atoms with E-state index < -0.39 is 5.60 Å². The first-order valence-electron chi connectivity index (χ1n) is 5.41. The molecule has 0 radical (unpaired) electrons. The van der Waals surface area contributed by atoms with Gasteiger partial charge < -0.3 is 9.84 Å². The number of nitrogens with zero attached hydrogens (tertiary/aromatic N) is 1. The molecule has 17 heavy (non-hydrogen) atoms. The summed E-state index contributed by atoms with van der Waals surface area (Å²) in [4.78, 5) is 13.4. The number of carbonyl (C=O) groups is 1. The number of hydrogen-bond acceptors (Lipinski definition) is 3. The molecule has 1 aliphatic rings. The molecule has 1 aromatic carbocycles. The van der Waals surface area contributed by atoms with Gasteiger partial charge in [-0.3, -0.25) is 4.90 Å². The van der Waals surface area contributed by atoms with Crippen LogP contribution in [0, 0.1) is 0 Å². The third-order valence-corrected chi connectivity index (χ3v) is 3.30. The molecular formula is C12H14BrNO3. The largest absolute Gasteiger partial charge is 0.441 e. The second kappa shape index (κ2) is 4.66. The number of aliphatic hydroxyl groups is 1. The third-order valence-electron chi connectivity index (χ3n) is 2.81. The summed E-state index contributed by atoms with van der Waals surface area (Å²) >= 11 is 3.37. The molecule has 0 aromatic heterocycles. The Hall–Kier alpha value is -1.07. The van der Waals surface area contributed by atoms with E-state index >= 15 is 0 Å². The highest BCUT2D eigenvalue weighted by atomic mass is 79.9. The summed E-state index contributed by atoms with van der Waals surface area (Å²) in [5.74, 6) is 0. The maximum atomic E-state index is 11.8. The standard InChI is InChI=1S/C12H14BrNO3/c1-12(5-6-15)8-14(11(16)17-12)10-4-2-3-9(13)7-10/h2-4,7,15H,5-6,8H2,1H3. The monoisotopic (exact) mass is 299 g/mol. The van der Waals surface area contributed by atoms with Crippen LogP contribution in [-0.2, 0) is 4.74 Å². The highest BCUT2D eigenvalue weighted by Gasteiger charge is 2.41. The highest BCUT2D eigenvalue weighted by molar-refractivity contribution is 9.10. The summed E-state index contributed by atoms with van der Waals surface area (Å²) in [5.41, 5.74) is 0.194. The van der Waals surface area contributed by atoms with Crippen LogP contribution < -0.4 is 4.90 Å². The van der Waals surface area contributed by atoms with Crippen LogP contribution in [-0.4, -0.2) is 30.0 Å². The molecule has 0 bridgehead atoms. The molecule has 1 aliphatic heterocycles. The van der Waals surface area contributed by atoms with E-state index in [4.69, 9.17) is 9.84 Å². The highest BCUT2D eigenvalue weighted by Crippen LogP contribution is 2.31. The van der Waals surface area contributed by atoms with Crippen LogP contribution >= 0.6 is 15.9 Å². The van der Waals surface area contributed by atoms with E-state index in [1.54, 1.807) is 4.90 Å². The second-order valence-electron chi connectivity index (χ2n) is 4.36. The Kier molecular flexibility index (Phi) is 3.40. The summed E-state index contributed by atoms with van der Waals surface area (Å²) in [6, 6.07) is 7.49. The zero-order valence-electron chi connectivity index (χ0n) is 9.52. The van der Waals surface area contributed by atoms with Gasteiger partial charge in [-0.1, -0.05) is 22.0 Å². The molecule has 1 fully saturated rings. The molecule has 1 aromatic rings. The molecule has 1 amide bonds. The Morgan fingerprint density at radius 2 is 2.35 bits per heavy atom. The number of halogens is 1. The molecule has 0 saturated carbocycles. The third kappa shape index (κ3) is 2.61. The zero-order chi connectivity index (χ0) is 12.5. The van der Waals surface area contributed by atoms with Crippen molar-refractivity contribution in [2.45, 2.75) is 18.9 Å². The van der Waals surface area contributed by atoms with E-state index in [9.17, 15) is 4.79 Å². The number of hydrogen-bond donors (Lipinski definition) is 1. The number of rotatable bonds is 3. The van der Waals surface area contributed by atoms with Crippen LogP contribution in [0.1, 0.15) is 13.3 Å².